The van der Waals surface area contributed by atoms with Crippen LogP contribution in [0.5, 0.6) is 0 Å². The third-order valence-corrected chi connectivity index (χ3v) is 3.71. The number of aromatic nitrogens is 2. The number of carbonyl (C=O) groups excluding carboxylic acids is 1. The van der Waals surface area contributed by atoms with E-state index in [9.17, 15) is 4.79 Å². The Labute approximate surface area is 108 Å². The lowest BCUT2D eigenvalue weighted by molar-refractivity contribution is 0.0437. The second-order valence-corrected chi connectivity index (χ2v) is 4.93. The number of ether oxygens (including phenoxy) is 1. The number of nitrogens with one attached hydrogen (secondary N) is 1. The van der Waals surface area contributed by atoms with Crippen molar-refractivity contribution in [1.29, 1.82) is 0 Å². The fraction of sp³-hybridized carbons (Fsp3) is 0.250. The van der Waals surface area contributed by atoms with Gasteiger partial charge < -0.3 is 10.1 Å². The molecule has 18 heavy (non-hydrogen) atoms. The largest absolute Gasteiger partial charge is 0.434 e. The minimum atomic E-state index is -0.466. The van der Waals surface area contributed by atoms with Gasteiger partial charge in [0.25, 0.3) is 0 Å². The molecule has 1 N–H and O–H groups in total. The molecule has 2 aromatic rings. The number of aryl methyl sites for hydroxylation is 1. The Morgan fingerprint density at radius 1 is 1.39 bits per heavy atom. The van der Waals surface area contributed by atoms with Crippen LogP contribution in [0.3, 0.4) is 0 Å². The average Bonchev–Trinajstić information content (AvgIpc) is 2.97. The summed E-state index contributed by atoms with van der Waals surface area (Å²) in [6, 6.07) is 7.34. The van der Waals surface area contributed by atoms with Crippen molar-refractivity contribution in [1.82, 2.24) is 10.2 Å². The summed E-state index contributed by atoms with van der Waals surface area (Å²) >= 11 is 1.47. The minimum Gasteiger partial charge on any atom is -0.434 e. The molecule has 1 aliphatic rings. The second kappa shape index (κ2) is 4.38. The highest BCUT2D eigenvalue weighted by Crippen LogP contribution is 2.32. The monoisotopic (exact) mass is 261 g/mol. The van der Waals surface area contributed by atoms with E-state index in [1.54, 1.807) is 6.07 Å². The SMILES string of the molecule is CCc1nnc(NC2OC(=O)c3ccccc32)s1. The van der Waals surface area contributed by atoms with Crippen LogP contribution in [0.15, 0.2) is 24.3 Å². The molecular formula is C12H11N3O2S. The van der Waals surface area contributed by atoms with E-state index in [1.807, 2.05) is 25.1 Å². The van der Waals surface area contributed by atoms with Gasteiger partial charge in [0.2, 0.25) is 11.4 Å². The van der Waals surface area contributed by atoms with Crippen LogP contribution in [0.4, 0.5) is 5.13 Å². The number of esters is 1. The Balaban J connectivity index is 1.85. The quantitative estimate of drug-likeness (QED) is 0.859. The molecule has 0 saturated carbocycles. The molecule has 1 unspecified atom stereocenters. The summed E-state index contributed by atoms with van der Waals surface area (Å²) in [6.45, 7) is 2.02. The normalized spacial score (nSPS) is 17.4. The van der Waals surface area contributed by atoms with Gasteiger partial charge in [0.1, 0.15) is 5.01 Å². The molecule has 2 heterocycles. The molecule has 0 spiro atoms. The van der Waals surface area contributed by atoms with Crippen LogP contribution in [0.1, 0.15) is 34.1 Å². The zero-order valence-corrected chi connectivity index (χ0v) is 10.5. The first kappa shape index (κ1) is 11.2. The molecule has 0 saturated heterocycles. The van der Waals surface area contributed by atoms with Crippen LogP contribution in [-0.2, 0) is 11.2 Å². The van der Waals surface area contributed by atoms with E-state index in [4.69, 9.17) is 4.74 Å². The van der Waals surface area contributed by atoms with Gasteiger partial charge in [-0.25, -0.2) is 4.79 Å². The number of hydrogen-bond acceptors (Lipinski definition) is 6. The van der Waals surface area contributed by atoms with Crippen LogP contribution in [0.25, 0.3) is 0 Å². The number of cyclic esters (lactones) is 1. The number of fused-ring (bicyclic) bond motifs is 1. The number of nitrogens with zero attached hydrogens (tertiary/aromatic N) is 2. The van der Waals surface area contributed by atoms with Crippen molar-refractivity contribution in [3.63, 3.8) is 0 Å². The fourth-order valence-electron chi connectivity index (χ4n) is 1.82. The number of anilines is 1. The molecule has 92 valence electrons. The van der Waals surface area contributed by atoms with Crippen molar-refractivity contribution in [2.24, 2.45) is 0 Å². The highest BCUT2D eigenvalue weighted by molar-refractivity contribution is 7.15. The van der Waals surface area contributed by atoms with Crippen LogP contribution in [0, 0.1) is 0 Å². The van der Waals surface area contributed by atoms with Crippen molar-refractivity contribution in [2.75, 3.05) is 5.32 Å². The summed E-state index contributed by atoms with van der Waals surface area (Å²) in [7, 11) is 0. The molecule has 1 aromatic heterocycles. The average molecular weight is 261 g/mol. The van der Waals surface area contributed by atoms with E-state index in [2.05, 4.69) is 15.5 Å². The number of benzene rings is 1. The third-order valence-electron chi connectivity index (χ3n) is 2.71. The van der Waals surface area contributed by atoms with E-state index < -0.39 is 6.23 Å². The predicted octanol–water partition coefficient (Wildman–Crippen LogP) is 2.38. The van der Waals surface area contributed by atoms with E-state index in [-0.39, 0.29) is 5.97 Å². The number of rotatable bonds is 3. The molecule has 1 atom stereocenters. The molecule has 0 aliphatic carbocycles. The number of hydrogen-bond donors (Lipinski definition) is 1. The standard InChI is InChI=1S/C12H11N3O2S/c1-2-9-14-15-12(18-9)13-10-7-5-3-4-6-8(7)11(16)17-10/h3-6,10H,2H2,1H3,(H,13,15). The van der Waals surface area contributed by atoms with Gasteiger partial charge in [0.05, 0.1) is 5.56 Å². The molecule has 5 nitrogen and oxygen atoms in total. The lowest BCUT2D eigenvalue weighted by Crippen LogP contribution is -2.09. The maximum atomic E-state index is 11.6. The summed E-state index contributed by atoms with van der Waals surface area (Å²) in [6.07, 6.45) is 0.381. The van der Waals surface area contributed by atoms with Gasteiger partial charge in [-0.3, -0.25) is 0 Å². The minimum absolute atomic E-state index is 0.302. The van der Waals surface area contributed by atoms with E-state index in [0.29, 0.717) is 10.7 Å². The molecule has 1 aromatic carbocycles. The Bertz CT molecular complexity index is 597. The number of carbonyl (C=O) groups is 1. The van der Waals surface area contributed by atoms with Gasteiger partial charge >= 0.3 is 5.97 Å². The van der Waals surface area contributed by atoms with Gasteiger partial charge in [-0.1, -0.05) is 36.5 Å². The first-order valence-corrected chi connectivity index (χ1v) is 6.48. The van der Waals surface area contributed by atoms with Gasteiger partial charge in [0, 0.05) is 5.56 Å². The van der Waals surface area contributed by atoms with E-state index >= 15 is 0 Å². The predicted molar refractivity (Wildman–Crippen MR) is 67.5 cm³/mol. The van der Waals surface area contributed by atoms with Crippen molar-refractivity contribution >= 4 is 22.4 Å². The van der Waals surface area contributed by atoms with E-state index in [0.717, 1.165) is 17.0 Å². The molecule has 1 aliphatic heterocycles. The topological polar surface area (TPSA) is 64.1 Å². The highest BCUT2D eigenvalue weighted by atomic mass is 32.1. The van der Waals surface area contributed by atoms with Crippen molar-refractivity contribution in [3.05, 3.63) is 40.4 Å². The van der Waals surface area contributed by atoms with Gasteiger partial charge in [-0.2, -0.15) is 0 Å². The lowest BCUT2D eigenvalue weighted by Gasteiger charge is -2.10. The Morgan fingerprint density at radius 2 is 2.22 bits per heavy atom. The van der Waals surface area contributed by atoms with Crippen LogP contribution in [0.2, 0.25) is 0 Å². The summed E-state index contributed by atoms with van der Waals surface area (Å²) in [4.78, 5) is 11.6. The molecule has 0 fully saturated rings. The molecule has 6 heteroatoms. The summed E-state index contributed by atoms with van der Waals surface area (Å²) in [5, 5.41) is 12.7. The van der Waals surface area contributed by atoms with Crippen molar-refractivity contribution < 1.29 is 9.53 Å². The zero-order valence-electron chi connectivity index (χ0n) is 9.71. The molecule has 3 rings (SSSR count). The smallest absolute Gasteiger partial charge is 0.340 e. The maximum absolute atomic E-state index is 11.6. The first-order chi connectivity index (χ1) is 8.78. The first-order valence-electron chi connectivity index (χ1n) is 5.66. The Hall–Kier alpha value is -1.95. The summed E-state index contributed by atoms with van der Waals surface area (Å²) < 4.78 is 5.27. The second-order valence-electron chi connectivity index (χ2n) is 3.87. The highest BCUT2D eigenvalue weighted by Gasteiger charge is 2.30. The zero-order chi connectivity index (χ0) is 12.5. The maximum Gasteiger partial charge on any atom is 0.340 e. The van der Waals surface area contributed by atoms with Crippen LogP contribution in [-0.4, -0.2) is 16.2 Å². The molecule has 0 amide bonds. The van der Waals surface area contributed by atoms with E-state index in [1.165, 1.54) is 11.3 Å². The van der Waals surface area contributed by atoms with Gasteiger partial charge in [-0.05, 0) is 12.5 Å². The van der Waals surface area contributed by atoms with Crippen LogP contribution >= 0.6 is 11.3 Å². The third kappa shape index (κ3) is 1.84. The summed E-state index contributed by atoms with van der Waals surface area (Å²) in [5.74, 6) is -0.302. The fourth-order valence-corrected chi connectivity index (χ4v) is 2.52. The Morgan fingerprint density at radius 3 is 3.00 bits per heavy atom. The van der Waals surface area contributed by atoms with Crippen molar-refractivity contribution in [2.45, 2.75) is 19.6 Å². The van der Waals surface area contributed by atoms with Crippen molar-refractivity contribution in [3.8, 4) is 0 Å². The molecule has 0 radical (unpaired) electrons. The van der Waals surface area contributed by atoms with Gasteiger partial charge in [0.15, 0.2) is 0 Å². The molecule has 0 bridgehead atoms. The van der Waals surface area contributed by atoms with Crippen LogP contribution < -0.4 is 5.32 Å². The Kier molecular flexibility index (Phi) is 2.71. The molecular weight excluding hydrogens is 250 g/mol. The van der Waals surface area contributed by atoms with Gasteiger partial charge in [-0.15, -0.1) is 10.2 Å². The summed E-state index contributed by atoms with van der Waals surface area (Å²) in [5.41, 5.74) is 1.45. The lowest BCUT2D eigenvalue weighted by atomic mass is 10.1.